The fourth-order valence-electron chi connectivity index (χ4n) is 6.63. The second-order valence-electron chi connectivity index (χ2n) is 11.1. The zero-order chi connectivity index (χ0) is 25.5. The van der Waals surface area contributed by atoms with Crippen molar-refractivity contribution >= 4 is 28.5 Å². The molecule has 3 N–H and O–H groups in total. The molecular weight excluding hydrogens is 559 g/mol. The van der Waals surface area contributed by atoms with Crippen molar-refractivity contribution in [3.63, 3.8) is 0 Å². The molecule has 1 aromatic rings. The Morgan fingerprint density at radius 1 is 1.43 bits per heavy atom. The molecule has 1 amide bonds. The van der Waals surface area contributed by atoms with Crippen molar-refractivity contribution in [1.82, 2.24) is 10.4 Å². The van der Waals surface area contributed by atoms with E-state index in [0.29, 0.717) is 36.3 Å². The highest BCUT2D eigenvalue weighted by Crippen LogP contribution is 2.61. The van der Waals surface area contributed by atoms with Crippen LogP contribution in [0.4, 0.5) is 0 Å². The Hall–Kier alpha value is -1.20. The lowest BCUT2D eigenvalue weighted by molar-refractivity contribution is -0.183. The lowest BCUT2D eigenvalue weighted by Gasteiger charge is -2.62. The van der Waals surface area contributed by atoms with E-state index in [9.17, 15) is 15.0 Å². The van der Waals surface area contributed by atoms with Crippen LogP contribution in [0.2, 0.25) is 0 Å². The normalized spacial score (nSPS) is 34.7. The largest absolute Gasteiger partial charge is 0.488 e. The van der Waals surface area contributed by atoms with Crippen LogP contribution in [-0.2, 0) is 16.2 Å². The molecule has 35 heavy (non-hydrogen) atoms. The number of ether oxygens (including phenoxy) is 1. The van der Waals surface area contributed by atoms with Crippen molar-refractivity contribution in [1.29, 1.82) is 0 Å². The van der Waals surface area contributed by atoms with E-state index in [2.05, 4.69) is 55.3 Å². The quantitative estimate of drug-likeness (QED) is 0.298. The minimum atomic E-state index is -0.823. The van der Waals surface area contributed by atoms with Gasteiger partial charge in [-0.2, -0.15) is 5.06 Å². The standard InChI is InChI=1S/C27H39IN2O5/c1-6-10-34-25-17(8-7-9-20(25)28)13-30-24(23(16(3)32)22(14-31)35-30)26(33)29-21-12-18-11-19(15(21)2)27(18,4)5/h6-9,15-16,18-19,21-24,31-32H,1,10-14H2,2-5H3,(H,29,33)/t15-,16-,18+,19-,21?,22-,23+,24-/m0/s1. The Morgan fingerprint density at radius 2 is 2.17 bits per heavy atom. The van der Waals surface area contributed by atoms with Gasteiger partial charge in [-0.3, -0.25) is 9.63 Å². The average molecular weight is 599 g/mol. The molecule has 1 aromatic carbocycles. The molecular formula is C27H39IN2O5. The maximum absolute atomic E-state index is 13.8. The highest BCUT2D eigenvalue weighted by atomic mass is 127. The third-order valence-corrected chi connectivity index (χ3v) is 9.63. The van der Waals surface area contributed by atoms with Gasteiger partial charge in [0.25, 0.3) is 0 Å². The molecule has 4 aliphatic rings. The first-order valence-electron chi connectivity index (χ1n) is 12.6. The third kappa shape index (κ3) is 5.01. The van der Waals surface area contributed by atoms with E-state index >= 15 is 0 Å². The molecule has 0 radical (unpaired) electrons. The molecule has 8 atom stereocenters. The second kappa shape index (κ2) is 10.7. The number of amides is 1. The zero-order valence-electron chi connectivity index (χ0n) is 21.1. The first-order chi connectivity index (χ1) is 16.6. The van der Waals surface area contributed by atoms with Gasteiger partial charge in [0.1, 0.15) is 24.5 Å². The van der Waals surface area contributed by atoms with Gasteiger partial charge >= 0.3 is 0 Å². The second-order valence-corrected chi connectivity index (χ2v) is 12.2. The fraction of sp³-hybridized carbons (Fsp3) is 0.667. The monoisotopic (exact) mass is 598 g/mol. The molecule has 7 nitrogen and oxygen atoms in total. The molecule has 1 unspecified atom stereocenters. The lowest BCUT2D eigenvalue weighted by Crippen LogP contribution is -2.62. The summed E-state index contributed by atoms with van der Waals surface area (Å²) in [5.74, 6) is 1.64. The number of para-hydroxylation sites is 1. The van der Waals surface area contributed by atoms with E-state index in [0.717, 1.165) is 21.3 Å². The van der Waals surface area contributed by atoms with E-state index in [1.54, 1.807) is 18.1 Å². The van der Waals surface area contributed by atoms with Crippen LogP contribution < -0.4 is 10.1 Å². The Balaban J connectivity index is 1.57. The number of aliphatic hydroxyl groups excluding tert-OH is 2. The van der Waals surface area contributed by atoms with Gasteiger partial charge in [-0.15, -0.1) is 0 Å². The summed E-state index contributed by atoms with van der Waals surface area (Å²) in [4.78, 5) is 19.9. The minimum Gasteiger partial charge on any atom is -0.488 e. The summed E-state index contributed by atoms with van der Waals surface area (Å²) >= 11 is 2.23. The first-order valence-corrected chi connectivity index (χ1v) is 13.7. The fourth-order valence-corrected chi connectivity index (χ4v) is 7.34. The van der Waals surface area contributed by atoms with Crippen LogP contribution in [0, 0.1) is 32.7 Å². The molecule has 1 saturated heterocycles. The molecule has 1 aliphatic heterocycles. The molecule has 4 fully saturated rings. The van der Waals surface area contributed by atoms with Gasteiger partial charge in [0, 0.05) is 17.5 Å². The Kier molecular flexibility index (Phi) is 8.17. The summed E-state index contributed by atoms with van der Waals surface area (Å²) in [5, 5.41) is 25.6. The van der Waals surface area contributed by atoms with Crippen molar-refractivity contribution < 1.29 is 24.6 Å². The summed E-state index contributed by atoms with van der Waals surface area (Å²) < 4.78 is 6.86. The van der Waals surface area contributed by atoms with Crippen LogP contribution >= 0.6 is 22.6 Å². The predicted molar refractivity (Wildman–Crippen MR) is 142 cm³/mol. The Morgan fingerprint density at radius 3 is 2.77 bits per heavy atom. The number of hydrogen-bond donors (Lipinski definition) is 3. The van der Waals surface area contributed by atoms with Crippen molar-refractivity contribution in [2.75, 3.05) is 13.2 Å². The molecule has 3 aliphatic carbocycles. The van der Waals surface area contributed by atoms with Crippen molar-refractivity contribution in [3.8, 4) is 5.75 Å². The number of carbonyl (C=O) groups excluding carboxylic acids is 1. The maximum Gasteiger partial charge on any atom is 0.240 e. The average Bonchev–Trinajstić information content (AvgIpc) is 3.18. The molecule has 5 rings (SSSR count). The third-order valence-electron chi connectivity index (χ3n) is 8.78. The molecule has 1 heterocycles. The van der Waals surface area contributed by atoms with Crippen molar-refractivity contribution in [2.45, 2.75) is 71.4 Å². The molecule has 194 valence electrons. The summed E-state index contributed by atoms with van der Waals surface area (Å²) in [7, 11) is 0. The minimum absolute atomic E-state index is 0.105. The number of carbonyl (C=O) groups is 1. The molecule has 0 spiro atoms. The number of hydroxylamine groups is 2. The van der Waals surface area contributed by atoms with E-state index in [1.807, 2.05) is 18.2 Å². The summed E-state index contributed by atoms with van der Waals surface area (Å²) in [6, 6.07) is 5.23. The number of rotatable bonds is 9. The molecule has 3 saturated carbocycles. The van der Waals surface area contributed by atoms with Crippen LogP contribution in [0.5, 0.6) is 5.75 Å². The predicted octanol–water partition coefficient (Wildman–Crippen LogP) is 3.52. The van der Waals surface area contributed by atoms with Gasteiger partial charge in [-0.05, 0) is 71.6 Å². The zero-order valence-corrected chi connectivity index (χ0v) is 23.3. The highest BCUT2D eigenvalue weighted by molar-refractivity contribution is 14.1. The Bertz CT molecular complexity index is 938. The number of nitrogens with one attached hydrogen (secondary N) is 1. The van der Waals surface area contributed by atoms with Crippen LogP contribution in [0.15, 0.2) is 30.9 Å². The van der Waals surface area contributed by atoms with Crippen LogP contribution in [0.3, 0.4) is 0 Å². The van der Waals surface area contributed by atoms with E-state index in [4.69, 9.17) is 9.57 Å². The highest BCUT2D eigenvalue weighted by Gasteiger charge is 2.57. The summed E-state index contributed by atoms with van der Waals surface area (Å²) in [6.07, 6.45) is 2.42. The van der Waals surface area contributed by atoms with Crippen LogP contribution in [0.25, 0.3) is 0 Å². The van der Waals surface area contributed by atoms with E-state index in [-0.39, 0.29) is 18.6 Å². The smallest absolute Gasteiger partial charge is 0.240 e. The maximum atomic E-state index is 13.8. The van der Waals surface area contributed by atoms with Gasteiger partial charge in [0.15, 0.2) is 0 Å². The van der Waals surface area contributed by atoms with Gasteiger partial charge < -0.3 is 20.3 Å². The number of nitrogens with zero attached hydrogens (tertiary/aromatic N) is 1. The SMILES string of the molecule is C=CCOc1c(I)cccc1CN1O[C@@H](CO)[C@@H]([C@H](C)O)[C@H]1C(=O)NC1C[C@H]2C[C@@H]([C@@H]1C)C2(C)C. The van der Waals surface area contributed by atoms with Crippen LogP contribution in [0.1, 0.15) is 46.1 Å². The van der Waals surface area contributed by atoms with Crippen molar-refractivity contribution in [2.24, 2.45) is 29.1 Å². The number of aliphatic hydroxyl groups is 2. The molecule has 8 heteroatoms. The number of fused-ring (bicyclic) bond motifs is 2. The topological polar surface area (TPSA) is 91.3 Å². The number of benzene rings is 1. The molecule has 0 aromatic heterocycles. The summed E-state index contributed by atoms with van der Waals surface area (Å²) in [5.41, 5.74) is 1.20. The summed E-state index contributed by atoms with van der Waals surface area (Å²) in [6.45, 7) is 12.7. The Labute approximate surface area is 222 Å². The molecule has 2 bridgehead atoms. The van der Waals surface area contributed by atoms with E-state index in [1.165, 1.54) is 6.42 Å². The van der Waals surface area contributed by atoms with Crippen LogP contribution in [-0.4, -0.2) is 58.7 Å². The van der Waals surface area contributed by atoms with Gasteiger partial charge in [-0.1, -0.05) is 45.6 Å². The lowest BCUT2D eigenvalue weighted by atomic mass is 9.45. The van der Waals surface area contributed by atoms with E-state index < -0.39 is 24.2 Å². The first kappa shape index (κ1) is 26.9. The van der Waals surface area contributed by atoms with Gasteiger partial charge in [-0.25, -0.2) is 0 Å². The van der Waals surface area contributed by atoms with Gasteiger partial charge in [0.2, 0.25) is 5.91 Å². The number of halogens is 1. The van der Waals surface area contributed by atoms with Crippen molar-refractivity contribution in [3.05, 3.63) is 40.0 Å². The number of hydrogen-bond acceptors (Lipinski definition) is 6. The van der Waals surface area contributed by atoms with Gasteiger partial charge in [0.05, 0.1) is 22.8 Å².